The lowest BCUT2D eigenvalue weighted by molar-refractivity contribution is -0.384. The van der Waals surface area contributed by atoms with E-state index in [0.717, 1.165) is 25.9 Å². The third-order valence-electron chi connectivity index (χ3n) is 5.47. The van der Waals surface area contributed by atoms with Crippen molar-refractivity contribution in [1.29, 1.82) is 0 Å². The molecule has 1 aliphatic rings. The van der Waals surface area contributed by atoms with Crippen LogP contribution in [0.25, 0.3) is 16.6 Å². The summed E-state index contributed by atoms with van der Waals surface area (Å²) >= 11 is 0. The third-order valence-corrected chi connectivity index (χ3v) is 5.47. The van der Waals surface area contributed by atoms with Gasteiger partial charge in [0.1, 0.15) is 11.6 Å². The van der Waals surface area contributed by atoms with Gasteiger partial charge in [0.15, 0.2) is 0 Å². The van der Waals surface area contributed by atoms with E-state index >= 15 is 0 Å². The number of nitro benzene ring substituents is 1. The quantitative estimate of drug-likeness (QED) is 0.497. The number of para-hydroxylation sites is 1. The van der Waals surface area contributed by atoms with Gasteiger partial charge < -0.3 is 0 Å². The standard InChI is InChI=1S/C21H21FN4O3/c1-14-8-10-24(11-9-14)13-20-23-18-7-6-15(26(28)29)12-16(18)21(27)25(20)19-5-3-2-4-17(19)22/h2-7,12,14H,8-11,13H2,1H3. The molecule has 7 nitrogen and oxygen atoms in total. The molecule has 1 aromatic heterocycles. The summed E-state index contributed by atoms with van der Waals surface area (Å²) in [6.07, 6.45) is 2.12. The molecule has 1 fully saturated rings. The second-order valence-electron chi connectivity index (χ2n) is 7.54. The summed E-state index contributed by atoms with van der Waals surface area (Å²) in [6, 6.07) is 10.0. The Hall–Kier alpha value is -3.13. The van der Waals surface area contributed by atoms with E-state index in [1.165, 1.54) is 34.9 Å². The molecule has 0 spiro atoms. The Morgan fingerprint density at radius 3 is 2.62 bits per heavy atom. The van der Waals surface area contributed by atoms with E-state index in [2.05, 4.69) is 16.8 Å². The fraction of sp³-hybridized carbons (Fsp3) is 0.333. The van der Waals surface area contributed by atoms with Crippen LogP contribution in [0.3, 0.4) is 0 Å². The summed E-state index contributed by atoms with van der Waals surface area (Å²) in [7, 11) is 0. The average Bonchev–Trinajstić information content (AvgIpc) is 2.71. The second kappa shape index (κ2) is 7.71. The molecule has 0 atom stereocenters. The Balaban J connectivity index is 1.89. The van der Waals surface area contributed by atoms with Gasteiger partial charge in [-0.05, 0) is 50.0 Å². The van der Waals surface area contributed by atoms with Gasteiger partial charge in [-0.3, -0.25) is 24.4 Å². The smallest absolute Gasteiger partial charge is 0.270 e. The fourth-order valence-corrected chi connectivity index (χ4v) is 3.74. The minimum atomic E-state index is -0.560. The van der Waals surface area contributed by atoms with Crippen molar-refractivity contribution < 1.29 is 9.31 Å². The maximum absolute atomic E-state index is 14.6. The fourth-order valence-electron chi connectivity index (χ4n) is 3.74. The van der Waals surface area contributed by atoms with Gasteiger partial charge in [0, 0.05) is 12.1 Å². The van der Waals surface area contributed by atoms with Crippen molar-refractivity contribution in [3.05, 3.63) is 74.6 Å². The molecule has 2 heterocycles. The predicted octanol–water partition coefficient (Wildman–Crippen LogP) is 3.66. The number of non-ortho nitro benzene ring substituents is 1. The number of rotatable bonds is 4. The highest BCUT2D eigenvalue weighted by Crippen LogP contribution is 2.22. The Kier molecular flexibility index (Phi) is 5.10. The first-order chi connectivity index (χ1) is 13.9. The van der Waals surface area contributed by atoms with Gasteiger partial charge >= 0.3 is 0 Å². The van der Waals surface area contributed by atoms with Crippen LogP contribution in [0, 0.1) is 21.8 Å². The van der Waals surface area contributed by atoms with E-state index < -0.39 is 16.3 Å². The number of halogens is 1. The minimum absolute atomic E-state index is 0.0958. The van der Waals surface area contributed by atoms with E-state index in [-0.39, 0.29) is 16.8 Å². The van der Waals surface area contributed by atoms with Crippen molar-refractivity contribution in [3.63, 3.8) is 0 Å². The molecule has 0 bridgehead atoms. The van der Waals surface area contributed by atoms with Crippen LogP contribution in [0.2, 0.25) is 0 Å². The SMILES string of the molecule is CC1CCN(Cc2nc3ccc([N+](=O)[O-])cc3c(=O)n2-c2ccccc2F)CC1. The van der Waals surface area contributed by atoms with Crippen molar-refractivity contribution in [1.82, 2.24) is 14.5 Å². The lowest BCUT2D eigenvalue weighted by Crippen LogP contribution is -2.35. The minimum Gasteiger partial charge on any atom is -0.296 e. The van der Waals surface area contributed by atoms with E-state index in [1.54, 1.807) is 12.1 Å². The zero-order valence-corrected chi connectivity index (χ0v) is 16.0. The molecule has 3 aromatic rings. The van der Waals surface area contributed by atoms with Gasteiger partial charge in [-0.25, -0.2) is 9.37 Å². The molecule has 0 unspecified atom stereocenters. The highest BCUT2D eigenvalue weighted by molar-refractivity contribution is 5.80. The van der Waals surface area contributed by atoms with Crippen LogP contribution in [0.5, 0.6) is 0 Å². The van der Waals surface area contributed by atoms with Crippen LogP contribution in [0.15, 0.2) is 47.3 Å². The van der Waals surface area contributed by atoms with Gasteiger partial charge in [0.05, 0.1) is 28.1 Å². The highest BCUT2D eigenvalue weighted by atomic mass is 19.1. The number of hydrogen-bond donors (Lipinski definition) is 0. The molecule has 0 amide bonds. The molecule has 0 radical (unpaired) electrons. The van der Waals surface area contributed by atoms with Crippen LogP contribution in [-0.4, -0.2) is 32.5 Å². The summed E-state index contributed by atoms with van der Waals surface area (Å²) in [6.45, 7) is 4.39. The van der Waals surface area contributed by atoms with Crippen LogP contribution < -0.4 is 5.56 Å². The number of benzene rings is 2. The molecule has 29 heavy (non-hydrogen) atoms. The molecule has 0 N–H and O–H groups in total. The normalized spacial score (nSPS) is 15.7. The van der Waals surface area contributed by atoms with Crippen molar-refractivity contribution in [2.75, 3.05) is 13.1 Å². The van der Waals surface area contributed by atoms with Crippen molar-refractivity contribution in [3.8, 4) is 5.69 Å². The Morgan fingerprint density at radius 1 is 1.21 bits per heavy atom. The largest absolute Gasteiger partial charge is 0.296 e. The molecular formula is C21H21FN4O3. The third kappa shape index (κ3) is 3.75. The Bertz CT molecular complexity index is 1140. The number of hydrogen-bond acceptors (Lipinski definition) is 5. The summed E-state index contributed by atoms with van der Waals surface area (Å²) in [4.78, 5) is 30.7. The van der Waals surface area contributed by atoms with Crippen LogP contribution in [0.4, 0.5) is 10.1 Å². The molecule has 0 aliphatic carbocycles. The van der Waals surface area contributed by atoms with Crippen LogP contribution in [-0.2, 0) is 6.54 Å². The molecule has 1 saturated heterocycles. The number of aromatic nitrogens is 2. The van der Waals surface area contributed by atoms with Gasteiger partial charge in [0.2, 0.25) is 0 Å². The summed E-state index contributed by atoms with van der Waals surface area (Å²) in [5, 5.41) is 11.2. The molecule has 4 rings (SSSR count). The number of piperidine rings is 1. The van der Waals surface area contributed by atoms with Crippen molar-refractivity contribution >= 4 is 16.6 Å². The van der Waals surface area contributed by atoms with Crippen LogP contribution >= 0.6 is 0 Å². The molecular weight excluding hydrogens is 375 g/mol. The molecule has 0 saturated carbocycles. The average molecular weight is 396 g/mol. The highest BCUT2D eigenvalue weighted by Gasteiger charge is 2.21. The zero-order valence-electron chi connectivity index (χ0n) is 16.0. The Labute approximate surface area is 166 Å². The van der Waals surface area contributed by atoms with Gasteiger partial charge in [-0.1, -0.05) is 19.1 Å². The number of fused-ring (bicyclic) bond motifs is 1. The van der Waals surface area contributed by atoms with Crippen molar-refractivity contribution in [2.24, 2.45) is 5.92 Å². The van der Waals surface area contributed by atoms with Gasteiger partial charge in [-0.2, -0.15) is 0 Å². The summed E-state index contributed by atoms with van der Waals surface area (Å²) < 4.78 is 15.8. The molecule has 2 aromatic carbocycles. The Morgan fingerprint density at radius 2 is 1.93 bits per heavy atom. The maximum Gasteiger partial charge on any atom is 0.270 e. The van der Waals surface area contributed by atoms with Crippen LogP contribution in [0.1, 0.15) is 25.6 Å². The zero-order chi connectivity index (χ0) is 20.5. The first kappa shape index (κ1) is 19.2. The lowest BCUT2D eigenvalue weighted by Gasteiger charge is -2.30. The summed E-state index contributed by atoms with van der Waals surface area (Å²) in [5.41, 5.74) is -0.245. The van der Waals surface area contributed by atoms with Crippen molar-refractivity contribution in [2.45, 2.75) is 26.3 Å². The van der Waals surface area contributed by atoms with E-state index in [0.29, 0.717) is 23.8 Å². The monoisotopic (exact) mass is 396 g/mol. The van der Waals surface area contributed by atoms with E-state index in [4.69, 9.17) is 0 Å². The number of nitro groups is 1. The molecule has 8 heteroatoms. The van der Waals surface area contributed by atoms with E-state index in [1.807, 2.05) is 0 Å². The number of likely N-dealkylation sites (tertiary alicyclic amines) is 1. The van der Waals surface area contributed by atoms with E-state index in [9.17, 15) is 19.3 Å². The second-order valence-corrected chi connectivity index (χ2v) is 7.54. The number of nitrogens with zero attached hydrogens (tertiary/aromatic N) is 4. The predicted molar refractivity (Wildman–Crippen MR) is 108 cm³/mol. The maximum atomic E-state index is 14.6. The molecule has 150 valence electrons. The first-order valence-electron chi connectivity index (χ1n) is 9.61. The first-order valence-corrected chi connectivity index (χ1v) is 9.61. The lowest BCUT2D eigenvalue weighted by atomic mass is 9.99. The summed E-state index contributed by atoms with van der Waals surface area (Å²) in [5.74, 6) is 0.538. The van der Waals surface area contributed by atoms with Gasteiger partial charge in [-0.15, -0.1) is 0 Å². The topological polar surface area (TPSA) is 81.3 Å². The van der Waals surface area contributed by atoms with Gasteiger partial charge in [0.25, 0.3) is 11.2 Å². The molecule has 1 aliphatic heterocycles.